The number of nitrogens with one attached hydrogen (secondary N) is 1. The van der Waals surface area contributed by atoms with Gasteiger partial charge in [-0.3, -0.25) is 0 Å². The van der Waals surface area contributed by atoms with Crippen molar-refractivity contribution in [2.45, 2.75) is 0 Å². The molecule has 0 aliphatic rings. The summed E-state index contributed by atoms with van der Waals surface area (Å²) in [4.78, 5) is 3.01. The van der Waals surface area contributed by atoms with Crippen LogP contribution in [0.4, 0.5) is 0 Å². The number of aromatic nitrogens is 1. The van der Waals surface area contributed by atoms with Crippen molar-refractivity contribution in [2.24, 2.45) is 0 Å². The summed E-state index contributed by atoms with van der Waals surface area (Å²) in [5, 5.41) is 0. The fraction of sp³-hybridized carbons (Fsp3) is 0. The number of rotatable bonds is 1. The Morgan fingerprint density at radius 1 is 1.62 bits per heavy atom. The van der Waals surface area contributed by atoms with Gasteiger partial charge in [0.15, 0.2) is 0 Å². The molecule has 0 aliphatic heterocycles. The molecule has 0 saturated carbocycles. The van der Waals surface area contributed by atoms with Crippen molar-refractivity contribution in [3.63, 3.8) is 0 Å². The highest BCUT2D eigenvalue weighted by Gasteiger charge is 1.78. The molecule has 0 saturated heterocycles. The zero-order valence-corrected chi connectivity index (χ0v) is 4.59. The largest absolute Gasteiger partial charge is 0.362 e. The van der Waals surface area contributed by atoms with Crippen LogP contribution in [-0.2, 0) is 0 Å². The highest BCUT2D eigenvalue weighted by molar-refractivity contribution is 5.44. The lowest BCUT2D eigenvalue weighted by atomic mass is 10.4. The molecule has 0 bridgehead atoms. The van der Waals surface area contributed by atoms with Crippen molar-refractivity contribution in [3.05, 3.63) is 37.0 Å². The van der Waals surface area contributed by atoms with E-state index in [1.54, 1.807) is 6.08 Å². The summed E-state index contributed by atoms with van der Waals surface area (Å²) < 4.78 is 0. The predicted molar refractivity (Wildman–Crippen MR) is 35.2 cm³/mol. The molecule has 0 aliphatic carbocycles. The second-order valence-corrected chi connectivity index (χ2v) is 1.53. The summed E-state index contributed by atoms with van der Waals surface area (Å²) in [6.45, 7) is 3.56. The van der Waals surface area contributed by atoms with Gasteiger partial charge in [0.2, 0.25) is 0 Å². The van der Waals surface area contributed by atoms with Crippen molar-refractivity contribution in [1.29, 1.82) is 0 Å². The number of hydrogen-bond acceptors (Lipinski definition) is 0. The topological polar surface area (TPSA) is 15.8 Å². The van der Waals surface area contributed by atoms with Crippen LogP contribution in [0.1, 0.15) is 5.69 Å². The fourth-order valence-electron chi connectivity index (χ4n) is 0.575. The maximum absolute atomic E-state index is 3.56. The first-order valence-electron chi connectivity index (χ1n) is 2.52. The summed E-state index contributed by atoms with van der Waals surface area (Å²) in [7, 11) is 0. The molecule has 0 spiro atoms. The molecule has 1 aromatic heterocycles. The van der Waals surface area contributed by atoms with Crippen molar-refractivity contribution >= 4 is 6.08 Å². The van der Waals surface area contributed by atoms with E-state index in [0.29, 0.717) is 0 Å². The molecule has 0 fully saturated rings. The first-order chi connectivity index (χ1) is 3.93. The maximum atomic E-state index is 3.56. The first kappa shape index (κ1) is 5.16. The minimum absolute atomic E-state index is 1.10. The highest BCUT2D eigenvalue weighted by Crippen LogP contribution is 1.95. The van der Waals surface area contributed by atoms with Crippen LogP contribution >= 0.6 is 0 Å². The monoisotopic (exact) mass is 106 g/mol. The van der Waals surface area contributed by atoms with E-state index in [-0.39, 0.29) is 0 Å². The summed E-state index contributed by atoms with van der Waals surface area (Å²) in [6.07, 6.45) is 5.56. The van der Waals surface area contributed by atoms with Crippen molar-refractivity contribution in [2.75, 3.05) is 0 Å². The minimum Gasteiger partial charge on any atom is -0.362 e. The van der Waals surface area contributed by atoms with Gasteiger partial charge >= 0.3 is 0 Å². The van der Waals surface area contributed by atoms with Gasteiger partial charge in [0.25, 0.3) is 0 Å². The predicted octanol–water partition coefficient (Wildman–Crippen LogP) is 1.86. The third kappa shape index (κ3) is 0.997. The molecule has 1 rings (SSSR count). The summed E-state index contributed by atoms with van der Waals surface area (Å²) in [6, 6.07) is 3.94. The van der Waals surface area contributed by atoms with Gasteiger partial charge in [-0.15, -0.1) is 0 Å². The summed E-state index contributed by atoms with van der Waals surface area (Å²) >= 11 is 0. The van der Waals surface area contributed by atoms with Crippen LogP contribution in [-0.4, -0.2) is 4.98 Å². The van der Waals surface area contributed by atoms with Gasteiger partial charge in [-0.25, -0.2) is 0 Å². The Labute approximate surface area is 49.0 Å². The number of aromatic amines is 1. The normalized spacial score (nSPS) is 10.6. The average Bonchev–Trinajstić information content (AvgIpc) is 2.19. The van der Waals surface area contributed by atoms with Crippen molar-refractivity contribution < 1.29 is 0 Å². The SMILES string of the molecule is [CH2]C=Cc1ccc[nH]1. The van der Waals surface area contributed by atoms with E-state index in [9.17, 15) is 0 Å². The van der Waals surface area contributed by atoms with E-state index >= 15 is 0 Å². The Bertz CT molecular complexity index is 161. The molecule has 1 nitrogen and oxygen atoms in total. The Kier molecular flexibility index (Phi) is 1.52. The molecule has 0 aromatic carbocycles. The standard InChI is InChI=1S/C7H8N/c1-2-4-7-5-3-6-8-7/h2-6,8H,1H2. The third-order valence-electron chi connectivity index (χ3n) is 0.919. The number of hydrogen-bond donors (Lipinski definition) is 1. The smallest absolute Gasteiger partial charge is 0.0377 e. The Morgan fingerprint density at radius 3 is 3.00 bits per heavy atom. The van der Waals surface area contributed by atoms with Crippen LogP contribution in [0.2, 0.25) is 0 Å². The third-order valence-corrected chi connectivity index (χ3v) is 0.919. The average molecular weight is 106 g/mol. The molecule has 1 radical (unpaired) electrons. The van der Waals surface area contributed by atoms with Gasteiger partial charge in [-0.2, -0.15) is 0 Å². The van der Waals surface area contributed by atoms with E-state index in [0.717, 1.165) is 5.69 Å². The zero-order valence-electron chi connectivity index (χ0n) is 4.59. The van der Waals surface area contributed by atoms with Crippen molar-refractivity contribution in [1.82, 2.24) is 4.98 Å². The molecule has 0 unspecified atom stereocenters. The molecule has 1 N–H and O–H groups in total. The number of H-pyrrole nitrogens is 1. The van der Waals surface area contributed by atoms with Gasteiger partial charge in [0.05, 0.1) is 0 Å². The van der Waals surface area contributed by atoms with Crippen LogP contribution in [0.5, 0.6) is 0 Å². The maximum Gasteiger partial charge on any atom is 0.0377 e. The van der Waals surface area contributed by atoms with Gasteiger partial charge in [-0.1, -0.05) is 6.08 Å². The quantitative estimate of drug-likeness (QED) is 0.562. The molecule has 8 heavy (non-hydrogen) atoms. The second-order valence-electron chi connectivity index (χ2n) is 1.53. The van der Waals surface area contributed by atoms with Crippen molar-refractivity contribution in [3.8, 4) is 0 Å². The molecule has 1 heterocycles. The van der Waals surface area contributed by atoms with Crippen LogP contribution in [0.15, 0.2) is 24.4 Å². The summed E-state index contributed by atoms with van der Waals surface area (Å²) in [5.74, 6) is 0. The molecule has 1 aromatic rings. The second kappa shape index (κ2) is 2.36. The fourth-order valence-corrected chi connectivity index (χ4v) is 0.575. The van der Waals surface area contributed by atoms with Crippen LogP contribution < -0.4 is 0 Å². The molecule has 41 valence electrons. The van der Waals surface area contributed by atoms with Crippen LogP contribution in [0.25, 0.3) is 6.08 Å². The lowest BCUT2D eigenvalue weighted by Gasteiger charge is -1.77. The van der Waals surface area contributed by atoms with E-state index < -0.39 is 0 Å². The first-order valence-corrected chi connectivity index (χ1v) is 2.52. The molecule has 0 amide bonds. The van der Waals surface area contributed by atoms with Gasteiger partial charge < -0.3 is 4.98 Å². The molecular weight excluding hydrogens is 98.1 g/mol. The van der Waals surface area contributed by atoms with E-state index in [1.165, 1.54) is 0 Å². The summed E-state index contributed by atoms with van der Waals surface area (Å²) in [5.41, 5.74) is 1.10. The lowest BCUT2D eigenvalue weighted by molar-refractivity contribution is 1.38. The van der Waals surface area contributed by atoms with Gasteiger partial charge in [0, 0.05) is 11.9 Å². The highest BCUT2D eigenvalue weighted by atomic mass is 14.7. The van der Waals surface area contributed by atoms with Gasteiger partial charge in [-0.05, 0) is 25.1 Å². The number of allylic oxidation sites excluding steroid dienone is 1. The molecular formula is C7H8N. The lowest BCUT2D eigenvalue weighted by Crippen LogP contribution is -1.63. The zero-order chi connectivity index (χ0) is 5.82. The molecule has 1 heteroatoms. The van der Waals surface area contributed by atoms with E-state index in [1.807, 2.05) is 24.4 Å². The van der Waals surface area contributed by atoms with Crippen LogP contribution in [0.3, 0.4) is 0 Å². The molecule has 0 atom stereocenters. The Morgan fingerprint density at radius 2 is 2.50 bits per heavy atom. The minimum atomic E-state index is 1.10. The Hall–Kier alpha value is -0.980. The van der Waals surface area contributed by atoms with Crippen LogP contribution in [0, 0.1) is 6.92 Å². The van der Waals surface area contributed by atoms with E-state index in [4.69, 9.17) is 0 Å². The van der Waals surface area contributed by atoms with Gasteiger partial charge in [0.1, 0.15) is 0 Å². The van der Waals surface area contributed by atoms with E-state index in [2.05, 4.69) is 11.9 Å². The Balaban J connectivity index is 2.77.